The molecule has 1 fully saturated rings. The number of benzene rings is 1. The molecule has 1 aliphatic rings. The summed E-state index contributed by atoms with van der Waals surface area (Å²) in [5.74, 6) is 0.0666. The molecule has 2 N–H and O–H groups in total. The van der Waals surface area contributed by atoms with Gasteiger partial charge in [0.15, 0.2) is 5.65 Å². The quantitative estimate of drug-likeness (QED) is 0.375. The van der Waals surface area contributed by atoms with E-state index in [-0.39, 0.29) is 17.4 Å². The van der Waals surface area contributed by atoms with Crippen LogP contribution in [-0.2, 0) is 5.54 Å². The molecule has 1 saturated carbocycles. The van der Waals surface area contributed by atoms with Gasteiger partial charge in [-0.05, 0) is 82.3 Å². The van der Waals surface area contributed by atoms with Gasteiger partial charge in [-0.3, -0.25) is 9.59 Å². The minimum absolute atomic E-state index is 0.148. The number of aromatic nitrogens is 3. The summed E-state index contributed by atoms with van der Waals surface area (Å²) in [7, 11) is 0. The monoisotopic (exact) mass is 473 g/mol. The minimum atomic E-state index is -0.251. The van der Waals surface area contributed by atoms with Gasteiger partial charge in [0.1, 0.15) is 0 Å². The van der Waals surface area contributed by atoms with E-state index in [1.165, 1.54) is 11.3 Å². The third kappa shape index (κ3) is 4.33. The van der Waals surface area contributed by atoms with Crippen molar-refractivity contribution in [2.75, 3.05) is 10.6 Å². The Morgan fingerprint density at radius 2 is 1.68 bits per heavy atom. The fraction of sp³-hybridized carbons (Fsp3) is 0.308. The van der Waals surface area contributed by atoms with Crippen molar-refractivity contribution in [2.24, 2.45) is 0 Å². The molecule has 0 atom stereocenters. The molecule has 34 heavy (non-hydrogen) atoms. The van der Waals surface area contributed by atoms with Crippen LogP contribution in [0, 0.1) is 6.92 Å². The summed E-state index contributed by atoms with van der Waals surface area (Å²) >= 11 is 1.39. The van der Waals surface area contributed by atoms with E-state index in [4.69, 9.17) is 10.1 Å². The molecule has 0 spiro atoms. The molecule has 8 heteroatoms. The van der Waals surface area contributed by atoms with Crippen molar-refractivity contribution in [3.8, 4) is 0 Å². The molecule has 4 aromatic rings. The molecule has 174 valence electrons. The van der Waals surface area contributed by atoms with Crippen LogP contribution in [0.5, 0.6) is 0 Å². The van der Waals surface area contributed by atoms with Gasteiger partial charge in [-0.15, -0.1) is 11.3 Å². The Balaban J connectivity index is 1.42. The van der Waals surface area contributed by atoms with E-state index in [2.05, 4.69) is 31.4 Å². The molecular formula is C26H27N5O2S. The third-order valence-electron chi connectivity index (χ3n) is 5.85. The summed E-state index contributed by atoms with van der Waals surface area (Å²) in [4.78, 5) is 31.2. The Hall–Kier alpha value is -3.52. The molecular weight excluding hydrogens is 446 g/mol. The van der Waals surface area contributed by atoms with Crippen molar-refractivity contribution in [1.29, 1.82) is 0 Å². The van der Waals surface area contributed by atoms with Crippen LogP contribution in [0.1, 0.15) is 70.9 Å². The minimum Gasteiger partial charge on any atom is -0.322 e. The highest BCUT2D eigenvalue weighted by Gasteiger charge is 2.30. The predicted octanol–water partition coefficient (Wildman–Crippen LogP) is 5.94. The first kappa shape index (κ1) is 22.3. The number of hydrogen-bond acceptors (Lipinski definition) is 5. The molecule has 0 bridgehead atoms. The maximum atomic E-state index is 13.4. The molecule has 3 aromatic heterocycles. The molecule has 0 radical (unpaired) electrons. The van der Waals surface area contributed by atoms with E-state index < -0.39 is 0 Å². The second-order valence-corrected chi connectivity index (χ2v) is 10.6. The smallest absolute Gasteiger partial charge is 0.265 e. The zero-order valence-electron chi connectivity index (χ0n) is 19.7. The summed E-state index contributed by atoms with van der Waals surface area (Å²) in [6.07, 6.45) is 2.20. The number of carbonyl (C=O) groups is 2. The lowest BCUT2D eigenvalue weighted by atomic mass is 10.1. The number of carbonyl (C=O) groups excluding carboxylic acids is 2. The van der Waals surface area contributed by atoms with Gasteiger partial charge in [-0.1, -0.05) is 6.07 Å². The first-order chi connectivity index (χ1) is 16.2. The number of aryl methyl sites for hydroxylation is 1. The Morgan fingerprint density at radius 3 is 2.24 bits per heavy atom. The lowest BCUT2D eigenvalue weighted by Gasteiger charge is -2.20. The fourth-order valence-electron chi connectivity index (χ4n) is 3.98. The van der Waals surface area contributed by atoms with Crippen LogP contribution in [0.3, 0.4) is 0 Å². The van der Waals surface area contributed by atoms with Crippen molar-refractivity contribution >= 4 is 45.6 Å². The second kappa shape index (κ2) is 8.36. The van der Waals surface area contributed by atoms with E-state index in [1.807, 2.05) is 29.1 Å². The van der Waals surface area contributed by atoms with Gasteiger partial charge in [0.05, 0.1) is 27.1 Å². The topological polar surface area (TPSA) is 88.9 Å². The summed E-state index contributed by atoms with van der Waals surface area (Å²) in [6.45, 7) is 8.18. The van der Waals surface area contributed by atoms with Gasteiger partial charge in [-0.25, -0.2) is 9.67 Å². The average Bonchev–Trinajstić information content (AvgIpc) is 3.37. The van der Waals surface area contributed by atoms with E-state index in [1.54, 1.807) is 30.3 Å². The fourth-order valence-corrected chi connectivity index (χ4v) is 4.60. The number of pyridine rings is 1. The van der Waals surface area contributed by atoms with Crippen molar-refractivity contribution in [1.82, 2.24) is 14.8 Å². The second-order valence-electron chi connectivity index (χ2n) is 9.70. The molecule has 0 aliphatic heterocycles. The first-order valence-electron chi connectivity index (χ1n) is 11.4. The Morgan fingerprint density at radius 1 is 1.03 bits per heavy atom. The van der Waals surface area contributed by atoms with E-state index in [0.717, 1.165) is 35.3 Å². The largest absolute Gasteiger partial charge is 0.322 e. The highest BCUT2D eigenvalue weighted by Crippen LogP contribution is 2.41. The van der Waals surface area contributed by atoms with Crippen LogP contribution in [0.25, 0.3) is 11.0 Å². The van der Waals surface area contributed by atoms with E-state index in [0.29, 0.717) is 27.7 Å². The SMILES string of the molecule is Cc1nn(C(C)(C)C)c2nc(C3CC3)cc(C(=O)Nc3ccc(NC(=O)c4cccs4)cc3)c12. The third-order valence-corrected chi connectivity index (χ3v) is 6.72. The van der Waals surface area contributed by atoms with Crippen LogP contribution >= 0.6 is 11.3 Å². The molecule has 5 rings (SSSR count). The van der Waals surface area contributed by atoms with Crippen LogP contribution < -0.4 is 10.6 Å². The lowest BCUT2D eigenvalue weighted by Crippen LogP contribution is -2.23. The van der Waals surface area contributed by atoms with Gasteiger partial charge in [0, 0.05) is 23.0 Å². The Labute approximate surface area is 202 Å². The number of anilines is 2. The van der Waals surface area contributed by atoms with Crippen LogP contribution in [0.15, 0.2) is 47.8 Å². The Bertz CT molecular complexity index is 1380. The summed E-state index contributed by atoms with van der Waals surface area (Å²) < 4.78 is 1.92. The molecule has 7 nitrogen and oxygen atoms in total. The van der Waals surface area contributed by atoms with Crippen LogP contribution in [0.4, 0.5) is 11.4 Å². The highest BCUT2D eigenvalue weighted by molar-refractivity contribution is 7.12. The molecule has 3 heterocycles. The van der Waals surface area contributed by atoms with Gasteiger partial charge >= 0.3 is 0 Å². The maximum Gasteiger partial charge on any atom is 0.265 e. The van der Waals surface area contributed by atoms with Gasteiger partial charge in [-0.2, -0.15) is 5.10 Å². The molecule has 2 amide bonds. The summed E-state index contributed by atoms with van der Waals surface area (Å²) in [6, 6.07) is 12.7. The Kier molecular flexibility index (Phi) is 5.48. The zero-order chi connectivity index (χ0) is 24.0. The number of nitrogens with zero attached hydrogens (tertiary/aromatic N) is 3. The van der Waals surface area contributed by atoms with Crippen molar-refractivity contribution in [3.63, 3.8) is 0 Å². The number of thiophene rings is 1. The molecule has 1 aromatic carbocycles. The predicted molar refractivity (Wildman–Crippen MR) is 136 cm³/mol. The first-order valence-corrected chi connectivity index (χ1v) is 12.3. The maximum absolute atomic E-state index is 13.4. The van der Waals surface area contributed by atoms with Gasteiger partial charge in [0.2, 0.25) is 0 Å². The summed E-state index contributed by atoms with van der Waals surface area (Å²) in [5.41, 5.74) is 4.16. The van der Waals surface area contributed by atoms with Crippen molar-refractivity contribution in [3.05, 3.63) is 69.7 Å². The summed E-state index contributed by atoms with van der Waals surface area (Å²) in [5, 5.41) is 13.3. The van der Waals surface area contributed by atoms with Gasteiger partial charge < -0.3 is 10.6 Å². The number of fused-ring (bicyclic) bond motifs is 1. The normalized spacial score (nSPS) is 13.8. The van der Waals surface area contributed by atoms with E-state index in [9.17, 15) is 9.59 Å². The average molecular weight is 474 g/mol. The van der Waals surface area contributed by atoms with Crippen LogP contribution in [0.2, 0.25) is 0 Å². The van der Waals surface area contributed by atoms with Crippen molar-refractivity contribution in [2.45, 2.75) is 52.0 Å². The van der Waals surface area contributed by atoms with Gasteiger partial charge in [0.25, 0.3) is 11.8 Å². The number of hydrogen-bond donors (Lipinski definition) is 2. The zero-order valence-corrected chi connectivity index (χ0v) is 20.5. The lowest BCUT2D eigenvalue weighted by molar-refractivity contribution is 0.102. The molecule has 0 saturated heterocycles. The number of amides is 2. The highest BCUT2D eigenvalue weighted by atomic mass is 32.1. The number of rotatable bonds is 5. The van der Waals surface area contributed by atoms with E-state index >= 15 is 0 Å². The molecule has 1 aliphatic carbocycles. The van der Waals surface area contributed by atoms with Crippen LogP contribution in [-0.4, -0.2) is 26.6 Å². The standard InChI is InChI=1S/C26H27N5O2S/c1-15-22-19(14-20(16-7-8-16)29-23(22)31(30-15)26(2,3)4)24(32)27-17-9-11-18(12-10-17)28-25(33)21-6-5-13-34-21/h5-6,9-14,16H,7-8H2,1-4H3,(H,27,32)(H,28,33). The van der Waals surface area contributed by atoms with Crippen molar-refractivity contribution < 1.29 is 9.59 Å². The molecule has 0 unspecified atom stereocenters. The number of nitrogens with one attached hydrogen (secondary N) is 2.